The summed E-state index contributed by atoms with van der Waals surface area (Å²) in [4.78, 5) is 29.0. The summed E-state index contributed by atoms with van der Waals surface area (Å²) in [5.41, 5.74) is 7.40. The van der Waals surface area contributed by atoms with Crippen molar-refractivity contribution in [1.82, 2.24) is 29.8 Å². The lowest BCUT2D eigenvalue weighted by atomic mass is 9.90. The van der Waals surface area contributed by atoms with E-state index in [4.69, 9.17) is 15.7 Å². The first-order valence-corrected chi connectivity index (χ1v) is 12.8. The number of thiazole rings is 1. The maximum atomic E-state index is 14.3. The van der Waals surface area contributed by atoms with Crippen molar-refractivity contribution < 1.29 is 13.6 Å². The predicted molar refractivity (Wildman–Crippen MR) is 139 cm³/mol. The van der Waals surface area contributed by atoms with Crippen molar-refractivity contribution in [2.24, 2.45) is 7.05 Å². The second-order valence-corrected chi connectivity index (χ2v) is 10.2. The van der Waals surface area contributed by atoms with Crippen LogP contribution in [-0.4, -0.2) is 42.5 Å². The molecule has 1 fully saturated rings. The van der Waals surface area contributed by atoms with Crippen molar-refractivity contribution >= 4 is 50.1 Å². The van der Waals surface area contributed by atoms with Gasteiger partial charge >= 0.3 is 0 Å². The van der Waals surface area contributed by atoms with Gasteiger partial charge in [-0.3, -0.25) is 4.79 Å². The van der Waals surface area contributed by atoms with Crippen LogP contribution in [0.5, 0.6) is 0 Å². The average Bonchev–Trinajstić information content (AvgIpc) is 3.58. The zero-order valence-corrected chi connectivity index (χ0v) is 20.7. The lowest BCUT2D eigenvalue weighted by Gasteiger charge is -2.30. The molecule has 0 aliphatic heterocycles. The number of nitrogens with one attached hydrogen (secondary N) is 3. The third kappa shape index (κ3) is 4.37. The van der Waals surface area contributed by atoms with Crippen LogP contribution < -0.4 is 16.4 Å². The molecule has 5 aromatic rings. The Morgan fingerprint density at radius 3 is 2.84 bits per heavy atom. The minimum absolute atomic E-state index is 0.0196. The predicted octanol–water partition coefficient (Wildman–Crippen LogP) is 4.59. The van der Waals surface area contributed by atoms with Gasteiger partial charge in [0, 0.05) is 53.9 Å². The number of nitrogen functional groups attached to an aromatic ring is 1. The van der Waals surface area contributed by atoms with Crippen LogP contribution in [0.15, 0.2) is 36.0 Å². The van der Waals surface area contributed by atoms with Crippen molar-refractivity contribution in [3.63, 3.8) is 0 Å². The molecule has 0 radical (unpaired) electrons. The lowest BCUT2D eigenvalue weighted by Crippen LogP contribution is -2.42. The Hall–Kier alpha value is -4.06. The normalized spacial score (nSPS) is 17.9. The Morgan fingerprint density at radius 1 is 1.19 bits per heavy atom. The Bertz CT molecular complexity index is 1640. The fourth-order valence-electron chi connectivity index (χ4n) is 5.00. The number of H-pyrrole nitrogens is 1. The number of nitrogens with two attached hydrogens (primary N) is 1. The maximum Gasteiger partial charge on any atom is 0.271 e. The highest BCUT2D eigenvalue weighted by molar-refractivity contribution is 7.13. The van der Waals surface area contributed by atoms with Crippen LogP contribution in [0.3, 0.4) is 0 Å². The molecule has 12 heteroatoms. The third-order valence-electron chi connectivity index (χ3n) is 6.78. The largest absolute Gasteiger partial charge is 0.375 e. The summed E-state index contributed by atoms with van der Waals surface area (Å²) in [5.74, 6) is -0.576. The summed E-state index contributed by atoms with van der Waals surface area (Å²) in [7, 11) is 1.88. The molecular weight excluding hydrogens is 498 g/mol. The first-order valence-electron chi connectivity index (χ1n) is 11.9. The van der Waals surface area contributed by atoms with Gasteiger partial charge in [0.05, 0.1) is 10.9 Å². The fraction of sp³-hybridized carbons (Fsp3) is 0.280. The van der Waals surface area contributed by atoms with E-state index in [0.717, 1.165) is 30.7 Å². The molecule has 4 heterocycles. The Labute approximate surface area is 214 Å². The fourth-order valence-corrected chi connectivity index (χ4v) is 5.55. The van der Waals surface area contributed by atoms with Crippen LogP contribution in [0.4, 0.5) is 19.7 Å². The number of aryl methyl sites for hydroxylation is 1. The molecule has 1 amide bonds. The summed E-state index contributed by atoms with van der Waals surface area (Å²) in [5, 5.41) is 9.85. The number of carbonyl (C=O) groups is 1. The first-order chi connectivity index (χ1) is 17.9. The molecule has 5 N–H and O–H groups in total. The van der Waals surface area contributed by atoms with Crippen LogP contribution in [0.1, 0.15) is 36.2 Å². The summed E-state index contributed by atoms with van der Waals surface area (Å²) in [6, 6.07) is 4.10. The molecule has 0 unspecified atom stereocenters. The van der Waals surface area contributed by atoms with Crippen LogP contribution in [0.25, 0.3) is 33.3 Å². The highest BCUT2D eigenvalue weighted by atomic mass is 32.1. The monoisotopic (exact) mass is 522 g/mol. The SMILES string of the molecule is Cn1ccc2c(N[C@H]3CCC[C@@H](NC(=O)c4csc(N)n4)C3)nc(-c3c[nH]c4c(F)cc(F)cc34)nc21. The van der Waals surface area contributed by atoms with E-state index >= 15 is 0 Å². The number of rotatable bonds is 5. The van der Waals surface area contributed by atoms with E-state index in [-0.39, 0.29) is 23.5 Å². The topological polar surface area (TPSA) is 127 Å². The van der Waals surface area contributed by atoms with Crippen LogP contribution in [0.2, 0.25) is 0 Å². The standard InChI is InChI=1S/C25H24F2N8OS/c1-35-6-5-15-21(30-13-3-2-4-14(9-13)31-24(36)19-11-37-25(28)32-19)33-22(34-23(15)35)17-10-29-20-16(17)7-12(26)8-18(20)27/h5-8,10-11,13-14,29H,2-4,9H2,1H3,(H2,28,32)(H,31,36)(H,30,33,34)/t13-,14+/m0/s1. The second-order valence-electron chi connectivity index (χ2n) is 9.32. The number of aromatic amines is 1. The molecule has 0 spiro atoms. The van der Waals surface area contributed by atoms with Crippen molar-refractivity contribution in [3.05, 3.63) is 53.3 Å². The average molecular weight is 523 g/mol. The van der Waals surface area contributed by atoms with E-state index in [1.54, 1.807) is 11.6 Å². The number of carbonyl (C=O) groups excluding carboxylic acids is 1. The van der Waals surface area contributed by atoms with E-state index < -0.39 is 11.6 Å². The molecule has 4 aromatic heterocycles. The van der Waals surface area contributed by atoms with Gasteiger partial charge in [-0.25, -0.2) is 23.7 Å². The first kappa shape index (κ1) is 23.3. The zero-order valence-electron chi connectivity index (χ0n) is 19.9. The number of nitrogens with zero attached hydrogens (tertiary/aromatic N) is 4. The van der Waals surface area contributed by atoms with Gasteiger partial charge in [0.2, 0.25) is 0 Å². The number of amides is 1. The zero-order chi connectivity index (χ0) is 25.7. The number of hydrogen-bond acceptors (Lipinski definition) is 7. The van der Waals surface area contributed by atoms with E-state index in [2.05, 4.69) is 20.6 Å². The lowest BCUT2D eigenvalue weighted by molar-refractivity contribution is 0.0922. The van der Waals surface area contributed by atoms with E-state index in [9.17, 15) is 13.6 Å². The summed E-state index contributed by atoms with van der Waals surface area (Å²) in [6.45, 7) is 0. The quantitative estimate of drug-likeness (QED) is 0.268. The third-order valence-corrected chi connectivity index (χ3v) is 7.45. The van der Waals surface area contributed by atoms with Gasteiger partial charge in [-0.15, -0.1) is 11.3 Å². The number of aromatic nitrogens is 5. The number of fused-ring (bicyclic) bond motifs is 2. The highest BCUT2D eigenvalue weighted by Crippen LogP contribution is 2.33. The highest BCUT2D eigenvalue weighted by Gasteiger charge is 2.26. The molecular formula is C25H24F2N8OS. The van der Waals surface area contributed by atoms with Gasteiger partial charge in [0.1, 0.15) is 28.8 Å². The van der Waals surface area contributed by atoms with Crippen molar-refractivity contribution in [2.45, 2.75) is 37.8 Å². The van der Waals surface area contributed by atoms with Gasteiger partial charge in [-0.05, 0) is 37.8 Å². The molecule has 9 nitrogen and oxygen atoms in total. The summed E-state index contributed by atoms with van der Waals surface area (Å²) >= 11 is 1.24. The number of halogens is 2. The van der Waals surface area contributed by atoms with E-state index in [1.807, 2.05) is 23.9 Å². The van der Waals surface area contributed by atoms with Crippen molar-refractivity contribution in [2.75, 3.05) is 11.1 Å². The van der Waals surface area contributed by atoms with Gasteiger partial charge in [0.15, 0.2) is 11.0 Å². The summed E-state index contributed by atoms with van der Waals surface area (Å²) in [6.07, 6.45) is 6.91. The molecule has 37 heavy (non-hydrogen) atoms. The molecule has 6 rings (SSSR count). The Morgan fingerprint density at radius 2 is 2.03 bits per heavy atom. The van der Waals surface area contributed by atoms with Crippen LogP contribution in [-0.2, 0) is 7.05 Å². The Kier molecular flexibility index (Phi) is 5.75. The molecule has 1 aliphatic rings. The molecule has 1 saturated carbocycles. The summed E-state index contributed by atoms with van der Waals surface area (Å²) < 4.78 is 30.2. The van der Waals surface area contributed by atoms with Crippen LogP contribution >= 0.6 is 11.3 Å². The smallest absolute Gasteiger partial charge is 0.271 e. The number of benzene rings is 1. The molecule has 0 saturated heterocycles. The van der Waals surface area contributed by atoms with E-state index in [0.29, 0.717) is 45.5 Å². The van der Waals surface area contributed by atoms with Crippen molar-refractivity contribution in [1.29, 1.82) is 0 Å². The molecule has 1 aliphatic carbocycles. The van der Waals surface area contributed by atoms with Gasteiger partial charge in [0.25, 0.3) is 5.91 Å². The Balaban J connectivity index is 1.29. The molecule has 0 bridgehead atoms. The number of anilines is 2. The number of hydrogen-bond donors (Lipinski definition) is 4. The van der Waals surface area contributed by atoms with Gasteiger partial charge in [-0.1, -0.05) is 0 Å². The van der Waals surface area contributed by atoms with Crippen molar-refractivity contribution in [3.8, 4) is 11.4 Å². The van der Waals surface area contributed by atoms with Crippen LogP contribution in [0, 0.1) is 11.6 Å². The van der Waals surface area contributed by atoms with Gasteiger partial charge in [-0.2, -0.15) is 0 Å². The second kappa shape index (κ2) is 9.11. The molecule has 1 aromatic carbocycles. The van der Waals surface area contributed by atoms with E-state index in [1.165, 1.54) is 17.4 Å². The minimum Gasteiger partial charge on any atom is -0.375 e. The molecule has 2 atom stereocenters. The maximum absolute atomic E-state index is 14.3. The minimum atomic E-state index is -0.671. The molecule has 190 valence electrons. The van der Waals surface area contributed by atoms with Gasteiger partial charge < -0.3 is 25.9 Å².